The van der Waals surface area contributed by atoms with Crippen LogP contribution in [0.25, 0.3) is 0 Å². The molecule has 1 heterocycles. The molecule has 4 saturated carbocycles. The molecule has 1 unspecified atom stereocenters. The maximum absolute atomic E-state index is 3.85. The molecule has 0 amide bonds. The van der Waals surface area contributed by atoms with E-state index in [1.807, 2.05) is 11.3 Å². The Kier molecular flexibility index (Phi) is 3.87. The third kappa shape index (κ3) is 2.82. The van der Waals surface area contributed by atoms with E-state index in [0.29, 0.717) is 11.5 Å². The Balaban J connectivity index is 1.52. The second-order valence-corrected chi connectivity index (χ2v) is 8.97. The molecule has 4 aliphatic carbocycles. The van der Waals surface area contributed by atoms with Crippen molar-refractivity contribution in [1.29, 1.82) is 0 Å². The third-order valence-electron chi connectivity index (χ3n) is 6.39. The molecule has 0 aromatic carbocycles. The lowest BCUT2D eigenvalue weighted by Crippen LogP contribution is -2.47. The van der Waals surface area contributed by atoms with E-state index < -0.39 is 0 Å². The Bertz CT molecular complexity index is 429. The van der Waals surface area contributed by atoms with Gasteiger partial charge < -0.3 is 5.32 Å². The van der Waals surface area contributed by atoms with E-state index in [1.165, 1.54) is 32.1 Å². The lowest BCUT2D eigenvalue weighted by atomic mass is 9.48. The highest BCUT2D eigenvalue weighted by Crippen LogP contribution is 2.62. The normalized spacial score (nSPS) is 38.8. The van der Waals surface area contributed by atoms with Crippen LogP contribution >= 0.6 is 11.3 Å². The molecule has 4 bridgehead atoms. The predicted molar refractivity (Wildman–Crippen MR) is 90.6 cm³/mol. The van der Waals surface area contributed by atoms with Gasteiger partial charge in [-0.3, -0.25) is 0 Å². The first-order valence-corrected chi connectivity index (χ1v) is 9.96. The highest BCUT2D eigenvalue weighted by molar-refractivity contribution is 7.07. The van der Waals surface area contributed by atoms with E-state index in [1.54, 1.807) is 24.8 Å². The summed E-state index contributed by atoms with van der Waals surface area (Å²) in [5, 5.41) is 8.47. The van der Waals surface area contributed by atoms with Crippen molar-refractivity contribution in [1.82, 2.24) is 5.32 Å². The molecule has 0 spiro atoms. The van der Waals surface area contributed by atoms with Gasteiger partial charge in [-0.05, 0) is 103 Å². The number of nitrogens with one attached hydrogen (secondary N) is 1. The van der Waals surface area contributed by atoms with Crippen molar-refractivity contribution in [2.75, 3.05) is 6.54 Å². The summed E-state index contributed by atoms with van der Waals surface area (Å²) in [5.41, 5.74) is 2.23. The zero-order valence-corrected chi connectivity index (χ0v) is 14.1. The largest absolute Gasteiger partial charge is 0.310 e. The molecule has 1 atom stereocenters. The minimum absolute atomic E-state index is 0.604. The van der Waals surface area contributed by atoms with Gasteiger partial charge in [0.25, 0.3) is 0 Å². The van der Waals surface area contributed by atoms with E-state index >= 15 is 0 Å². The summed E-state index contributed by atoms with van der Waals surface area (Å²) in [6, 6.07) is 2.95. The highest BCUT2D eigenvalue weighted by Gasteiger charge is 2.51. The van der Waals surface area contributed by atoms with Crippen LogP contribution in [0, 0.1) is 23.2 Å². The van der Waals surface area contributed by atoms with Crippen molar-refractivity contribution in [2.45, 2.75) is 64.3 Å². The van der Waals surface area contributed by atoms with Gasteiger partial charge in [-0.15, -0.1) is 0 Å². The number of rotatable bonds is 6. The molecular formula is C19H29NS. The molecular weight excluding hydrogens is 274 g/mol. The molecule has 4 aliphatic rings. The summed E-state index contributed by atoms with van der Waals surface area (Å²) in [4.78, 5) is 0. The van der Waals surface area contributed by atoms with E-state index in [4.69, 9.17) is 0 Å². The van der Waals surface area contributed by atoms with Gasteiger partial charge in [0.1, 0.15) is 0 Å². The van der Waals surface area contributed by atoms with Crippen LogP contribution < -0.4 is 5.32 Å². The van der Waals surface area contributed by atoms with E-state index in [-0.39, 0.29) is 0 Å². The first-order chi connectivity index (χ1) is 10.3. The van der Waals surface area contributed by atoms with Gasteiger partial charge in [0.15, 0.2) is 0 Å². The van der Waals surface area contributed by atoms with Gasteiger partial charge >= 0.3 is 0 Å². The number of hydrogen-bond donors (Lipinski definition) is 1. The van der Waals surface area contributed by atoms with Gasteiger partial charge in [-0.1, -0.05) is 6.92 Å². The zero-order chi connectivity index (χ0) is 14.3. The zero-order valence-electron chi connectivity index (χ0n) is 13.3. The Morgan fingerprint density at radius 1 is 1.19 bits per heavy atom. The Labute approximate surface area is 133 Å². The summed E-state index contributed by atoms with van der Waals surface area (Å²) in [6.45, 7) is 3.44. The topological polar surface area (TPSA) is 12.0 Å². The van der Waals surface area contributed by atoms with Gasteiger partial charge in [-0.25, -0.2) is 0 Å². The van der Waals surface area contributed by atoms with Crippen LogP contribution in [0.1, 0.15) is 69.9 Å². The monoisotopic (exact) mass is 303 g/mol. The van der Waals surface area contributed by atoms with Crippen molar-refractivity contribution in [2.24, 2.45) is 23.2 Å². The molecule has 2 heteroatoms. The summed E-state index contributed by atoms with van der Waals surface area (Å²) in [5.74, 6) is 3.22. The molecule has 0 aliphatic heterocycles. The summed E-state index contributed by atoms with van der Waals surface area (Å²) < 4.78 is 0. The van der Waals surface area contributed by atoms with Crippen LogP contribution in [0.4, 0.5) is 0 Å². The quantitative estimate of drug-likeness (QED) is 0.742. The Hall–Kier alpha value is -0.340. The van der Waals surface area contributed by atoms with Gasteiger partial charge in [0, 0.05) is 6.04 Å². The maximum atomic E-state index is 3.85. The van der Waals surface area contributed by atoms with Crippen LogP contribution in [0.5, 0.6) is 0 Å². The first-order valence-electron chi connectivity index (χ1n) is 9.02. The number of thiophene rings is 1. The third-order valence-corrected chi connectivity index (χ3v) is 7.09. The van der Waals surface area contributed by atoms with E-state index in [9.17, 15) is 0 Å². The molecule has 116 valence electrons. The number of hydrogen-bond acceptors (Lipinski definition) is 2. The van der Waals surface area contributed by atoms with Gasteiger partial charge in [-0.2, -0.15) is 11.3 Å². The fourth-order valence-corrected chi connectivity index (χ4v) is 6.79. The predicted octanol–water partition coefficient (Wildman–Crippen LogP) is 5.40. The molecule has 5 rings (SSSR count). The second kappa shape index (κ2) is 5.70. The van der Waals surface area contributed by atoms with Crippen molar-refractivity contribution in [3.8, 4) is 0 Å². The summed E-state index contributed by atoms with van der Waals surface area (Å²) >= 11 is 1.85. The lowest BCUT2D eigenvalue weighted by Gasteiger charge is -2.57. The molecule has 1 aromatic rings. The van der Waals surface area contributed by atoms with Crippen molar-refractivity contribution in [3.05, 3.63) is 22.4 Å². The average molecular weight is 304 g/mol. The van der Waals surface area contributed by atoms with Gasteiger partial charge in [0.05, 0.1) is 0 Å². The van der Waals surface area contributed by atoms with Crippen LogP contribution in [-0.2, 0) is 0 Å². The smallest absolute Gasteiger partial charge is 0.0333 e. The average Bonchev–Trinajstić information content (AvgIpc) is 2.96. The van der Waals surface area contributed by atoms with E-state index in [0.717, 1.165) is 24.3 Å². The summed E-state index contributed by atoms with van der Waals surface area (Å²) in [7, 11) is 0. The fraction of sp³-hybridized carbons (Fsp3) is 0.789. The molecule has 1 aromatic heterocycles. The SMILES string of the molecule is CCCNC(CC12CC3CC(CC(C3)C1)C2)c1ccsc1. The molecule has 1 N–H and O–H groups in total. The lowest BCUT2D eigenvalue weighted by molar-refractivity contribution is -0.0622. The van der Waals surface area contributed by atoms with Crippen LogP contribution in [0.3, 0.4) is 0 Å². The molecule has 0 saturated heterocycles. The molecule has 4 fully saturated rings. The minimum Gasteiger partial charge on any atom is -0.310 e. The molecule has 1 nitrogen and oxygen atoms in total. The minimum atomic E-state index is 0.604. The Morgan fingerprint density at radius 2 is 1.86 bits per heavy atom. The van der Waals surface area contributed by atoms with Gasteiger partial charge in [0.2, 0.25) is 0 Å². The standard InChI is InChI=1S/C19H29NS/c1-2-4-20-18(17-3-5-21-13-17)12-19-9-14-6-15(10-19)8-16(7-14)11-19/h3,5,13-16,18,20H,2,4,6-12H2,1H3. The van der Waals surface area contributed by atoms with Crippen molar-refractivity contribution >= 4 is 11.3 Å². The van der Waals surface area contributed by atoms with Crippen molar-refractivity contribution in [3.63, 3.8) is 0 Å². The second-order valence-electron chi connectivity index (χ2n) is 8.19. The summed E-state index contributed by atoms with van der Waals surface area (Å²) in [6.07, 6.45) is 11.9. The van der Waals surface area contributed by atoms with Crippen molar-refractivity contribution < 1.29 is 0 Å². The fourth-order valence-electron chi connectivity index (χ4n) is 6.07. The first kappa shape index (κ1) is 14.3. The van der Waals surface area contributed by atoms with Crippen LogP contribution in [0.2, 0.25) is 0 Å². The Morgan fingerprint density at radius 3 is 2.38 bits per heavy atom. The maximum Gasteiger partial charge on any atom is 0.0333 e. The van der Waals surface area contributed by atoms with E-state index in [2.05, 4.69) is 29.1 Å². The highest BCUT2D eigenvalue weighted by atomic mass is 32.1. The van der Waals surface area contributed by atoms with Crippen LogP contribution in [0.15, 0.2) is 16.8 Å². The molecule has 21 heavy (non-hydrogen) atoms. The molecule has 0 radical (unpaired) electrons. The van der Waals surface area contributed by atoms with Crippen LogP contribution in [-0.4, -0.2) is 6.54 Å².